The molecule has 1 fully saturated rings. The molecule has 0 spiro atoms. The number of anilines is 1. The van der Waals surface area contributed by atoms with Crippen molar-refractivity contribution in [3.8, 4) is 5.75 Å². The first kappa shape index (κ1) is 23.8. The van der Waals surface area contributed by atoms with Gasteiger partial charge in [0.25, 0.3) is 0 Å². The number of aliphatic imine (C=N–C) groups is 1. The van der Waals surface area contributed by atoms with E-state index in [1.165, 1.54) is 16.4 Å². The van der Waals surface area contributed by atoms with Gasteiger partial charge in [-0.1, -0.05) is 12.5 Å². The summed E-state index contributed by atoms with van der Waals surface area (Å²) >= 11 is 0. The number of hydrogen-bond acceptors (Lipinski definition) is 4. The quantitative estimate of drug-likeness (QED) is 0.352. The molecule has 0 aromatic heterocycles. The van der Waals surface area contributed by atoms with Crippen molar-refractivity contribution in [3.05, 3.63) is 24.3 Å². The highest BCUT2D eigenvalue weighted by Gasteiger charge is 2.31. The van der Waals surface area contributed by atoms with Crippen LogP contribution in [0, 0.1) is 0 Å². The molecule has 1 aliphatic heterocycles. The van der Waals surface area contributed by atoms with Crippen LogP contribution in [0.2, 0.25) is 0 Å². The third kappa shape index (κ3) is 8.09. The number of benzene rings is 1. The predicted octanol–water partition coefficient (Wildman–Crippen LogP) is 2.74. The second kappa shape index (κ2) is 9.78. The molecule has 1 saturated heterocycles. The lowest BCUT2D eigenvalue weighted by Crippen LogP contribution is -2.45. The molecule has 1 aliphatic rings. The number of guanidine groups is 1. The number of rotatable bonds is 5. The number of piperidine rings is 1. The van der Waals surface area contributed by atoms with E-state index in [9.17, 15) is 21.6 Å². The van der Waals surface area contributed by atoms with Crippen molar-refractivity contribution >= 4 is 45.6 Å². The number of alkyl halides is 3. The summed E-state index contributed by atoms with van der Waals surface area (Å²) in [6.07, 6.45) is -1.25. The van der Waals surface area contributed by atoms with Gasteiger partial charge in [0.2, 0.25) is 10.0 Å². The van der Waals surface area contributed by atoms with Crippen molar-refractivity contribution in [3.63, 3.8) is 0 Å². The summed E-state index contributed by atoms with van der Waals surface area (Å²) in [6.45, 7) is 0.619. The summed E-state index contributed by atoms with van der Waals surface area (Å²) in [5, 5.41) is 2.67. The van der Waals surface area contributed by atoms with Crippen molar-refractivity contribution in [2.24, 2.45) is 10.7 Å². The van der Waals surface area contributed by atoms with Gasteiger partial charge in [0, 0.05) is 24.3 Å². The molecule has 0 amide bonds. The molecule has 3 N–H and O–H groups in total. The zero-order valence-corrected chi connectivity index (χ0v) is 17.7. The predicted molar refractivity (Wildman–Crippen MR) is 108 cm³/mol. The molecule has 1 aromatic rings. The van der Waals surface area contributed by atoms with Crippen molar-refractivity contribution in [1.82, 2.24) is 4.31 Å². The van der Waals surface area contributed by atoms with Gasteiger partial charge in [0.15, 0.2) is 5.96 Å². The van der Waals surface area contributed by atoms with E-state index < -0.39 is 16.4 Å². The summed E-state index contributed by atoms with van der Waals surface area (Å²) in [5.41, 5.74) is 6.04. The van der Waals surface area contributed by atoms with E-state index in [0.717, 1.165) is 31.2 Å². The minimum Gasteiger partial charge on any atom is -0.406 e. The number of ether oxygens (including phenoxy) is 1. The Kier molecular flexibility index (Phi) is 8.60. The Labute approximate surface area is 173 Å². The molecule has 0 radical (unpaired) electrons. The van der Waals surface area contributed by atoms with Crippen LogP contribution in [-0.4, -0.2) is 50.4 Å². The van der Waals surface area contributed by atoms with E-state index in [1.54, 1.807) is 0 Å². The van der Waals surface area contributed by atoms with Crippen LogP contribution in [0.25, 0.3) is 0 Å². The van der Waals surface area contributed by atoms with Crippen LogP contribution in [-0.2, 0) is 10.0 Å². The molecule has 2 rings (SSSR count). The van der Waals surface area contributed by atoms with E-state index in [2.05, 4.69) is 15.0 Å². The molecule has 154 valence electrons. The monoisotopic (exact) mass is 522 g/mol. The van der Waals surface area contributed by atoms with Gasteiger partial charge in [0.05, 0.1) is 12.8 Å². The van der Waals surface area contributed by atoms with Crippen molar-refractivity contribution < 1.29 is 26.3 Å². The third-order valence-electron chi connectivity index (χ3n) is 3.81. The smallest absolute Gasteiger partial charge is 0.406 e. The first-order chi connectivity index (χ1) is 12.0. The number of nitrogens with two attached hydrogens (primary N) is 1. The molecule has 12 heteroatoms. The van der Waals surface area contributed by atoms with E-state index in [4.69, 9.17) is 5.73 Å². The number of hydrogen-bond donors (Lipinski definition) is 2. The van der Waals surface area contributed by atoms with Gasteiger partial charge in [-0.3, -0.25) is 4.99 Å². The highest BCUT2D eigenvalue weighted by atomic mass is 127. The molecule has 7 nitrogen and oxygen atoms in total. The normalized spacial score (nSPS) is 19.3. The van der Waals surface area contributed by atoms with E-state index in [0.29, 0.717) is 13.0 Å². The highest BCUT2D eigenvalue weighted by molar-refractivity contribution is 14.0. The van der Waals surface area contributed by atoms with Gasteiger partial charge in [-0.15, -0.1) is 37.1 Å². The lowest BCUT2D eigenvalue weighted by atomic mass is 10.1. The topological polar surface area (TPSA) is 97.0 Å². The number of halogens is 4. The second-order valence-electron chi connectivity index (χ2n) is 5.95. The largest absolute Gasteiger partial charge is 0.573 e. The van der Waals surface area contributed by atoms with Crippen molar-refractivity contribution in [2.45, 2.75) is 31.7 Å². The fourth-order valence-corrected chi connectivity index (χ4v) is 3.93. The van der Waals surface area contributed by atoms with Crippen LogP contribution < -0.4 is 15.8 Å². The number of nitrogens with one attached hydrogen (secondary N) is 1. The Morgan fingerprint density at radius 3 is 2.74 bits per heavy atom. The van der Waals surface area contributed by atoms with Gasteiger partial charge < -0.3 is 15.8 Å². The molecule has 0 saturated carbocycles. The number of nitrogens with zero attached hydrogens (tertiary/aromatic N) is 2. The van der Waals surface area contributed by atoms with E-state index >= 15 is 0 Å². The average molecular weight is 522 g/mol. The first-order valence-corrected chi connectivity index (χ1v) is 9.79. The Bertz CT molecular complexity index is 759. The van der Waals surface area contributed by atoms with Gasteiger partial charge in [-0.2, -0.15) is 4.31 Å². The standard InChI is InChI=1S/C15H21F3N4O3S.HI/c1-26(23,24)22-8-3-2-6-12(22)10-20-14(19)21-11-5-4-7-13(9-11)25-15(16,17)18;/h4-5,7,9,12H,2-3,6,8,10H2,1H3,(H3,19,20,21);1H. The van der Waals surface area contributed by atoms with Gasteiger partial charge >= 0.3 is 6.36 Å². The Morgan fingerprint density at radius 1 is 1.41 bits per heavy atom. The van der Waals surface area contributed by atoms with Crippen LogP contribution in [0.4, 0.5) is 18.9 Å². The fraction of sp³-hybridized carbons (Fsp3) is 0.533. The maximum atomic E-state index is 12.3. The molecule has 1 unspecified atom stereocenters. The second-order valence-corrected chi connectivity index (χ2v) is 7.88. The fourth-order valence-electron chi connectivity index (χ4n) is 2.76. The molecular formula is C15H22F3IN4O3S. The van der Waals surface area contributed by atoms with Crippen molar-refractivity contribution in [2.75, 3.05) is 24.7 Å². The van der Waals surface area contributed by atoms with E-state index in [-0.39, 0.29) is 54.0 Å². The minimum absolute atomic E-state index is 0. The Balaban J connectivity index is 0.00000364. The summed E-state index contributed by atoms with van der Waals surface area (Å²) in [5.74, 6) is -0.404. The van der Waals surface area contributed by atoms with Crippen molar-refractivity contribution in [1.29, 1.82) is 0 Å². The zero-order chi connectivity index (χ0) is 19.4. The molecule has 0 bridgehead atoms. The van der Waals surface area contributed by atoms with Crippen LogP contribution in [0.1, 0.15) is 19.3 Å². The van der Waals surface area contributed by atoms with Crippen LogP contribution >= 0.6 is 24.0 Å². The first-order valence-electron chi connectivity index (χ1n) is 7.94. The maximum absolute atomic E-state index is 12.3. The molecule has 1 atom stereocenters. The van der Waals surface area contributed by atoms with Gasteiger partial charge in [-0.05, 0) is 25.0 Å². The highest BCUT2D eigenvalue weighted by Crippen LogP contribution is 2.25. The summed E-state index contributed by atoms with van der Waals surface area (Å²) in [6, 6.07) is 4.91. The molecule has 1 aromatic carbocycles. The minimum atomic E-state index is -4.78. The lowest BCUT2D eigenvalue weighted by molar-refractivity contribution is -0.274. The summed E-state index contributed by atoms with van der Waals surface area (Å²) in [7, 11) is -3.33. The Morgan fingerprint density at radius 2 is 2.11 bits per heavy atom. The summed E-state index contributed by atoms with van der Waals surface area (Å²) in [4.78, 5) is 4.13. The van der Waals surface area contributed by atoms with E-state index in [1.807, 2.05) is 0 Å². The van der Waals surface area contributed by atoms with Crippen LogP contribution in [0.15, 0.2) is 29.3 Å². The average Bonchev–Trinajstić information content (AvgIpc) is 2.51. The SMILES string of the molecule is CS(=O)(=O)N1CCCCC1CN=C(N)Nc1cccc(OC(F)(F)F)c1.I. The molecular weight excluding hydrogens is 500 g/mol. The van der Waals surface area contributed by atoms with Gasteiger partial charge in [-0.25, -0.2) is 8.42 Å². The zero-order valence-electron chi connectivity index (χ0n) is 14.6. The van der Waals surface area contributed by atoms with Crippen LogP contribution in [0.3, 0.4) is 0 Å². The molecule has 1 heterocycles. The van der Waals surface area contributed by atoms with Gasteiger partial charge in [0.1, 0.15) is 5.75 Å². The Hall–Kier alpha value is -1.28. The third-order valence-corrected chi connectivity index (χ3v) is 5.14. The summed E-state index contributed by atoms with van der Waals surface area (Å²) < 4.78 is 65.6. The van der Waals surface area contributed by atoms with Crippen LogP contribution in [0.5, 0.6) is 5.75 Å². The molecule has 0 aliphatic carbocycles. The molecule has 27 heavy (non-hydrogen) atoms. The number of sulfonamides is 1. The maximum Gasteiger partial charge on any atom is 0.573 e. The lowest BCUT2D eigenvalue weighted by Gasteiger charge is -2.32.